The van der Waals surface area contributed by atoms with Gasteiger partial charge in [-0.05, 0) is 48.6 Å². The van der Waals surface area contributed by atoms with Crippen molar-refractivity contribution in [2.75, 3.05) is 20.2 Å². The third kappa shape index (κ3) is 7.96. The molecule has 3 atom stereocenters. The molecular weight excluding hydrogens is 502 g/mol. The van der Waals surface area contributed by atoms with Gasteiger partial charge in [-0.3, -0.25) is 4.79 Å². The van der Waals surface area contributed by atoms with Crippen molar-refractivity contribution in [1.29, 1.82) is 0 Å². The first-order chi connectivity index (χ1) is 17.4. The van der Waals surface area contributed by atoms with E-state index in [0.717, 1.165) is 5.56 Å². The van der Waals surface area contributed by atoms with Gasteiger partial charge in [0, 0.05) is 31.8 Å². The number of aliphatic hydroxyl groups excluding tert-OH is 1. The van der Waals surface area contributed by atoms with E-state index in [1.54, 1.807) is 12.1 Å². The summed E-state index contributed by atoms with van der Waals surface area (Å²) in [6.07, 6.45) is -1.87. The Kier molecular flexibility index (Phi) is 9.66. The van der Waals surface area contributed by atoms with Crippen molar-refractivity contribution in [3.05, 3.63) is 60.2 Å². The lowest BCUT2D eigenvalue weighted by Gasteiger charge is -2.31. The fourth-order valence-corrected chi connectivity index (χ4v) is 6.16. The Balaban J connectivity index is 1.83. The zero-order valence-electron chi connectivity index (χ0n) is 21.4. The average Bonchev–Trinajstić information content (AvgIpc) is 3.23. The molecule has 1 aliphatic carbocycles. The van der Waals surface area contributed by atoms with Crippen molar-refractivity contribution in [3.63, 3.8) is 0 Å². The number of rotatable bonds is 12. The van der Waals surface area contributed by atoms with Gasteiger partial charge >= 0.3 is 0 Å². The third-order valence-corrected chi connectivity index (χ3v) is 8.37. The molecule has 3 rings (SSSR count). The molecule has 204 valence electrons. The number of amides is 1. The Bertz CT molecular complexity index is 1130. The molecule has 0 aliphatic heterocycles. The van der Waals surface area contributed by atoms with Crippen LogP contribution in [0.1, 0.15) is 38.7 Å². The van der Waals surface area contributed by atoms with Crippen LogP contribution in [-0.4, -0.2) is 62.0 Å². The van der Waals surface area contributed by atoms with Gasteiger partial charge in [0.1, 0.15) is 5.75 Å². The van der Waals surface area contributed by atoms with Gasteiger partial charge < -0.3 is 15.2 Å². The summed E-state index contributed by atoms with van der Waals surface area (Å²) in [5.41, 5.74) is 0.817. The second kappa shape index (κ2) is 12.3. The van der Waals surface area contributed by atoms with Crippen LogP contribution in [0.25, 0.3) is 0 Å². The molecule has 0 saturated heterocycles. The fourth-order valence-electron chi connectivity index (χ4n) is 4.54. The van der Waals surface area contributed by atoms with Crippen molar-refractivity contribution in [1.82, 2.24) is 9.62 Å². The van der Waals surface area contributed by atoms with E-state index in [2.05, 4.69) is 5.32 Å². The van der Waals surface area contributed by atoms with Gasteiger partial charge in [-0.1, -0.05) is 44.2 Å². The normalized spacial score (nSPS) is 19.1. The Morgan fingerprint density at radius 1 is 1.14 bits per heavy atom. The number of hydrogen-bond acceptors (Lipinski definition) is 5. The quantitative estimate of drug-likeness (QED) is 0.428. The molecule has 1 unspecified atom stereocenters. The predicted molar refractivity (Wildman–Crippen MR) is 137 cm³/mol. The van der Waals surface area contributed by atoms with Crippen LogP contribution in [0.3, 0.4) is 0 Å². The highest BCUT2D eigenvalue weighted by Crippen LogP contribution is 2.39. The summed E-state index contributed by atoms with van der Waals surface area (Å²) in [5, 5.41) is 14.0. The summed E-state index contributed by atoms with van der Waals surface area (Å²) in [6.45, 7) is 3.61. The van der Waals surface area contributed by atoms with Crippen LogP contribution in [0.4, 0.5) is 8.78 Å². The van der Waals surface area contributed by atoms with E-state index < -0.39 is 46.3 Å². The van der Waals surface area contributed by atoms with Crippen LogP contribution in [0.5, 0.6) is 5.75 Å². The van der Waals surface area contributed by atoms with Gasteiger partial charge in [-0.25, -0.2) is 17.2 Å². The van der Waals surface area contributed by atoms with Crippen LogP contribution < -0.4 is 10.1 Å². The molecule has 1 saturated carbocycles. The second-order valence-corrected chi connectivity index (χ2v) is 12.0. The topological polar surface area (TPSA) is 95.9 Å². The molecule has 1 amide bonds. The number of hydrogen-bond donors (Lipinski definition) is 2. The average molecular weight is 539 g/mol. The Hall–Kier alpha value is -2.56. The molecule has 0 radical (unpaired) electrons. The number of nitrogens with zero attached hydrogens (tertiary/aromatic N) is 1. The van der Waals surface area contributed by atoms with E-state index in [-0.39, 0.29) is 43.2 Å². The number of sulfonamides is 1. The SMILES string of the molecule is COc1ccc(S(=O)(=O)N(CC(C)C)C[C@@H](O)[C@H](Cc2ccccc2)NC(=O)C2CCC(F)(F)C2)cc1. The number of methoxy groups -OCH3 is 1. The maximum Gasteiger partial charge on any atom is 0.248 e. The summed E-state index contributed by atoms with van der Waals surface area (Å²) in [7, 11) is -2.49. The van der Waals surface area contributed by atoms with Crippen LogP contribution in [0, 0.1) is 11.8 Å². The third-order valence-electron chi connectivity index (χ3n) is 6.52. The van der Waals surface area contributed by atoms with Crippen molar-refractivity contribution < 1.29 is 31.8 Å². The highest BCUT2D eigenvalue weighted by Gasteiger charge is 2.43. The summed E-state index contributed by atoms with van der Waals surface area (Å²) in [5.74, 6) is -3.81. The lowest BCUT2D eigenvalue weighted by Crippen LogP contribution is -2.52. The number of ether oxygens (including phenoxy) is 1. The first-order valence-corrected chi connectivity index (χ1v) is 13.9. The van der Waals surface area contributed by atoms with Crippen LogP contribution in [0.15, 0.2) is 59.5 Å². The molecule has 2 N–H and O–H groups in total. The molecule has 2 aromatic carbocycles. The smallest absolute Gasteiger partial charge is 0.248 e. The Labute approximate surface area is 217 Å². The van der Waals surface area contributed by atoms with Crippen LogP contribution in [-0.2, 0) is 21.2 Å². The van der Waals surface area contributed by atoms with Crippen molar-refractivity contribution in [2.45, 2.75) is 62.5 Å². The van der Waals surface area contributed by atoms with Crippen molar-refractivity contribution >= 4 is 15.9 Å². The van der Waals surface area contributed by atoms with Gasteiger partial charge in [-0.2, -0.15) is 4.31 Å². The number of aliphatic hydroxyl groups is 1. The first kappa shape index (κ1) is 29.0. The molecule has 10 heteroatoms. The monoisotopic (exact) mass is 538 g/mol. The van der Waals surface area contributed by atoms with Gasteiger partial charge in [0.2, 0.25) is 21.9 Å². The Morgan fingerprint density at radius 3 is 2.32 bits per heavy atom. The highest BCUT2D eigenvalue weighted by atomic mass is 32.2. The van der Waals surface area contributed by atoms with Crippen molar-refractivity contribution in [2.24, 2.45) is 11.8 Å². The van der Waals surface area contributed by atoms with Gasteiger partial charge in [-0.15, -0.1) is 0 Å². The zero-order valence-corrected chi connectivity index (χ0v) is 22.3. The first-order valence-electron chi connectivity index (χ1n) is 12.5. The summed E-state index contributed by atoms with van der Waals surface area (Å²) >= 11 is 0. The standard InChI is InChI=1S/C27H36F2N2O5S/c1-19(2)17-31(37(34,35)23-11-9-22(36-3)10-12-23)18-25(32)24(15-20-7-5-4-6-8-20)30-26(33)21-13-14-27(28,29)16-21/h4-12,19,21,24-25,32H,13-18H2,1-3H3,(H,30,33)/t21?,24-,25+/m0/s1. The summed E-state index contributed by atoms with van der Waals surface area (Å²) in [4.78, 5) is 12.9. The van der Waals surface area contributed by atoms with E-state index in [4.69, 9.17) is 4.74 Å². The van der Waals surface area contributed by atoms with E-state index >= 15 is 0 Å². The van der Waals surface area contributed by atoms with Crippen LogP contribution >= 0.6 is 0 Å². The fraction of sp³-hybridized carbons (Fsp3) is 0.519. The molecule has 1 fully saturated rings. The maximum atomic E-state index is 13.7. The summed E-state index contributed by atoms with van der Waals surface area (Å²) in [6, 6.07) is 14.2. The lowest BCUT2D eigenvalue weighted by molar-refractivity contribution is -0.127. The zero-order chi connectivity index (χ0) is 27.2. The second-order valence-electron chi connectivity index (χ2n) is 10.1. The number of alkyl halides is 2. The predicted octanol–water partition coefficient (Wildman–Crippen LogP) is 3.87. The molecular formula is C27H36F2N2O5S. The van der Waals surface area contributed by atoms with E-state index in [0.29, 0.717) is 5.75 Å². The molecule has 0 aromatic heterocycles. The maximum absolute atomic E-state index is 13.7. The number of benzene rings is 2. The minimum Gasteiger partial charge on any atom is -0.497 e. The molecule has 0 spiro atoms. The molecule has 2 aromatic rings. The molecule has 7 nitrogen and oxygen atoms in total. The van der Waals surface area contributed by atoms with Gasteiger partial charge in [0.25, 0.3) is 0 Å². The van der Waals surface area contributed by atoms with Crippen molar-refractivity contribution in [3.8, 4) is 5.75 Å². The summed E-state index contributed by atoms with van der Waals surface area (Å²) < 4.78 is 60.7. The largest absolute Gasteiger partial charge is 0.497 e. The number of carbonyl (C=O) groups is 1. The molecule has 1 aliphatic rings. The number of carbonyl (C=O) groups excluding carboxylic acids is 1. The minimum absolute atomic E-state index is 0.0388. The Morgan fingerprint density at radius 2 is 1.78 bits per heavy atom. The molecule has 0 bridgehead atoms. The minimum atomic E-state index is -3.98. The lowest BCUT2D eigenvalue weighted by atomic mass is 9.99. The molecule has 37 heavy (non-hydrogen) atoms. The highest BCUT2D eigenvalue weighted by molar-refractivity contribution is 7.89. The molecule has 0 heterocycles. The van der Waals surface area contributed by atoms with Gasteiger partial charge in [0.15, 0.2) is 0 Å². The van der Waals surface area contributed by atoms with E-state index in [1.807, 2.05) is 44.2 Å². The van der Waals surface area contributed by atoms with E-state index in [1.165, 1.54) is 23.5 Å². The van der Waals surface area contributed by atoms with Gasteiger partial charge in [0.05, 0.1) is 24.2 Å². The number of nitrogens with one attached hydrogen (secondary N) is 1. The number of halogens is 2. The van der Waals surface area contributed by atoms with E-state index in [9.17, 15) is 27.1 Å². The van der Waals surface area contributed by atoms with Crippen LogP contribution in [0.2, 0.25) is 0 Å².